The zero-order valence-electron chi connectivity index (χ0n) is 7.26. The van der Waals surface area contributed by atoms with E-state index in [2.05, 4.69) is 0 Å². The molecular weight excluding hydrogens is 128 g/mol. The van der Waals surface area contributed by atoms with Gasteiger partial charge in [-0.25, -0.2) is 0 Å². The second kappa shape index (κ2) is 3.35. The first kappa shape index (κ1) is 9.92. The molecule has 0 amide bonds. The lowest BCUT2D eigenvalue weighted by atomic mass is 9.81. The van der Waals surface area contributed by atoms with E-state index in [0.717, 1.165) is 0 Å². The van der Waals surface area contributed by atoms with E-state index in [9.17, 15) is 5.11 Å². The highest BCUT2D eigenvalue weighted by atomic mass is 16.3. The highest BCUT2D eigenvalue weighted by Crippen LogP contribution is 2.24. The Morgan fingerprint density at radius 1 is 1.10 bits per heavy atom. The quantitative estimate of drug-likeness (QED) is 0.624. The van der Waals surface area contributed by atoms with Crippen molar-refractivity contribution in [2.75, 3.05) is 6.61 Å². The lowest BCUT2D eigenvalue weighted by molar-refractivity contribution is -0.0856. The van der Waals surface area contributed by atoms with Gasteiger partial charge in [-0.2, -0.15) is 0 Å². The third-order valence-electron chi connectivity index (χ3n) is 2.25. The van der Waals surface area contributed by atoms with Gasteiger partial charge in [0.25, 0.3) is 0 Å². The van der Waals surface area contributed by atoms with Crippen LogP contribution in [-0.4, -0.2) is 22.4 Å². The van der Waals surface area contributed by atoms with E-state index < -0.39 is 5.60 Å². The van der Waals surface area contributed by atoms with Gasteiger partial charge in [0, 0.05) is 0 Å². The van der Waals surface area contributed by atoms with Gasteiger partial charge in [-0.3, -0.25) is 0 Å². The minimum Gasteiger partial charge on any atom is -0.393 e. The molecule has 0 saturated carbocycles. The van der Waals surface area contributed by atoms with Gasteiger partial charge in [-0.1, -0.05) is 27.7 Å². The fourth-order valence-electron chi connectivity index (χ4n) is 1.03. The zero-order valence-corrected chi connectivity index (χ0v) is 7.26. The summed E-state index contributed by atoms with van der Waals surface area (Å²) in [4.78, 5) is 0. The summed E-state index contributed by atoms with van der Waals surface area (Å²) in [6.07, 6.45) is 0. The molecule has 0 unspecified atom stereocenters. The molecule has 0 saturated heterocycles. The topological polar surface area (TPSA) is 40.5 Å². The van der Waals surface area contributed by atoms with Crippen LogP contribution >= 0.6 is 0 Å². The van der Waals surface area contributed by atoms with E-state index in [-0.39, 0.29) is 18.4 Å². The van der Waals surface area contributed by atoms with Crippen molar-refractivity contribution in [2.45, 2.75) is 33.3 Å². The van der Waals surface area contributed by atoms with Crippen molar-refractivity contribution in [1.82, 2.24) is 0 Å². The van der Waals surface area contributed by atoms with E-state index in [1.54, 1.807) is 0 Å². The van der Waals surface area contributed by atoms with Crippen molar-refractivity contribution in [3.63, 3.8) is 0 Å². The molecule has 0 spiro atoms. The lowest BCUT2D eigenvalue weighted by Gasteiger charge is -2.33. The molecule has 0 radical (unpaired) electrons. The van der Waals surface area contributed by atoms with Gasteiger partial charge < -0.3 is 10.2 Å². The first-order valence-electron chi connectivity index (χ1n) is 3.78. The summed E-state index contributed by atoms with van der Waals surface area (Å²) in [6.45, 7) is 7.50. The van der Waals surface area contributed by atoms with Gasteiger partial charge in [0.05, 0.1) is 12.2 Å². The molecule has 0 heterocycles. The van der Waals surface area contributed by atoms with Crippen LogP contribution in [-0.2, 0) is 0 Å². The Balaban J connectivity index is 4.23. The molecule has 0 fully saturated rings. The molecular formula is C8H18O2. The minimum atomic E-state index is -0.903. The summed E-state index contributed by atoms with van der Waals surface area (Å²) < 4.78 is 0. The van der Waals surface area contributed by atoms with Crippen molar-refractivity contribution >= 4 is 0 Å². The van der Waals surface area contributed by atoms with Gasteiger partial charge in [0.1, 0.15) is 0 Å². The smallest absolute Gasteiger partial charge is 0.0922 e. The molecule has 10 heavy (non-hydrogen) atoms. The summed E-state index contributed by atoms with van der Waals surface area (Å²) in [5.74, 6) is 0.218. The predicted octanol–water partition coefficient (Wildman–Crippen LogP) is 1.02. The van der Waals surface area contributed by atoms with E-state index >= 15 is 0 Å². The maximum atomic E-state index is 9.72. The third-order valence-corrected chi connectivity index (χ3v) is 2.25. The molecule has 0 aliphatic rings. The van der Waals surface area contributed by atoms with E-state index in [4.69, 9.17) is 5.11 Å². The maximum absolute atomic E-state index is 9.72. The van der Waals surface area contributed by atoms with Crippen molar-refractivity contribution in [1.29, 1.82) is 0 Å². The number of rotatable bonds is 3. The van der Waals surface area contributed by atoms with Crippen LogP contribution in [0.15, 0.2) is 0 Å². The maximum Gasteiger partial charge on any atom is 0.0922 e. The Morgan fingerprint density at radius 2 is 1.40 bits per heavy atom. The van der Waals surface area contributed by atoms with Gasteiger partial charge in [-0.15, -0.1) is 0 Å². The highest BCUT2D eigenvalue weighted by molar-refractivity contribution is 4.83. The van der Waals surface area contributed by atoms with Crippen molar-refractivity contribution < 1.29 is 10.2 Å². The number of aliphatic hydroxyl groups excluding tert-OH is 1. The predicted molar refractivity (Wildman–Crippen MR) is 41.7 cm³/mol. The van der Waals surface area contributed by atoms with Crippen molar-refractivity contribution in [3.05, 3.63) is 0 Å². The van der Waals surface area contributed by atoms with Crippen LogP contribution in [0.4, 0.5) is 0 Å². The Bertz CT molecular complexity index is 89.4. The second-order valence-corrected chi connectivity index (χ2v) is 3.46. The van der Waals surface area contributed by atoms with Crippen LogP contribution in [0.1, 0.15) is 27.7 Å². The Labute approximate surface area is 62.9 Å². The van der Waals surface area contributed by atoms with E-state index in [1.807, 2.05) is 27.7 Å². The SMILES string of the molecule is CC(C)C(O)(CO)C(C)C. The molecule has 0 aromatic rings. The van der Waals surface area contributed by atoms with Gasteiger partial charge in [-0.05, 0) is 11.8 Å². The summed E-state index contributed by atoms with van der Waals surface area (Å²) in [5.41, 5.74) is -0.903. The van der Waals surface area contributed by atoms with Gasteiger partial charge in [0.15, 0.2) is 0 Å². The molecule has 0 aromatic heterocycles. The highest BCUT2D eigenvalue weighted by Gasteiger charge is 2.33. The summed E-state index contributed by atoms with van der Waals surface area (Å²) >= 11 is 0. The summed E-state index contributed by atoms with van der Waals surface area (Å²) in [5, 5.41) is 18.6. The molecule has 62 valence electrons. The molecule has 0 aliphatic heterocycles. The Kier molecular flexibility index (Phi) is 3.33. The molecule has 0 aromatic carbocycles. The number of aliphatic hydroxyl groups is 2. The van der Waals surface area contributed by atoms with E-state index in [0.29, 0.717) is 0 Å². The van der Waals surface area contributed by atoms with Gasteiger partial charge in [0.2, 0.25) is 0 Å². The Morgan fingerprint density at radius 3 is 1.40 bits per heavy atom. The van der Waals surface area contributed by atoms with Crippen LogP contribution in [0, 0.1) is 11.8 Å². The fourth-order valence-corrected chi connectivity index (χ4v) is 1.03. The van der Waals surface area contributed by atoms with Crippen molar-refractivity contribution in [2.24, 2.45) is 11.8 Å². The monoisotopic (exact) mass is 146 g/mol. The van der Waals surface area contributed by atoms with Crippen LogP contribution in [0.3, 0.4) is 0 Å². The molecule has 0 rings (SSSR count). The first-order chi connectivity index (χ1) is 4.45. The third kappa shape index (κ3) is 1.70. The number of hydrogen-bond donors (Lipinski definition) is 2. The van der Waals surface area contributed by atoms with Crippen LogP contribution in [0.2, 0.25) is 0 Å². The largest absolute Gasteiger partial charge is 0.393 e. The molecule has 0 atom stereocenters. The van der Waals surface area contributed by atoms with E-state index in [1.165, 1.54) is 0 Å². The number of hydrogen-bond acceptors (Lipinski definition) is 2. The molecule has 2 N–H and O–H groups in total. The summed E-state index contributed by atoms with van der Waals surface area (Å²) in [6, 6.07) is 0. The standard InChI is InChI=1S/C8H18O2/c1-6(2)8(10,5-9)7(3)4/h6-7,9-10H,5H2,1-4H3. The normalized spacial score (nSPS) is 13.2. The minimum absolute atomic E-state index is 0.109. The summed E-state index contributed by atoms with van der Waals surface area (Å²) in [7, 11) is 0. The zero-order chi connectivity index (χ0) is 8.36. The average Bonchev–Trinajstić information content (AvgIpc) is 1.85. The lowest BCUT2D eigenvalue weighted by Crippen LogP contribution is -2.44. The molecule has 2 nitrogen and oxygen atoms in total. The molecule has 0 aliphatic carbocycles. The van der Waals surface area contributed by atoms with Crippen molar-refractivity contribution in [3.8, 4) is 0 Å². The van der Waals surface area contributed by atoms with Crippen LogP contribution in [0.25, 0.3) is 0 Å². The van der Waals surface area contributed by atoms with Crippen LogP contribution < -0.4 is 0 Å². The molecule has 2 heteroatoms. The van der Waals surface area contributed by atoms with Gasteiger partial charge >= 0.3 is 0 Å². The van der Waals surface area contributed by atoms with Crippen LogP contribution in [0.5, 0.6) is 0 Å². The molecule has 0 bridgehead atoms. The fraction of sp³-hybridized carbons (Fsp3) is 1.00. The average molecular weight is 146 g/mol. The first-order valence-corrected chi connectivity index (χ1v) is 3.78. The second-order valence-electron chi connectivity index (χ2n) is 3.46. The Hall–Kier alpha value is -0.0800.